The average Bonchev–Trinajstić information content (AvgIpc) is 3.23. The summed E-state index contributed by atoms with van der Waals surface area (Å²) in [4.78, 5) is 24.8. The summed E-state index contributed by atoms with van der Waals surface area (Å²) in [5.41, 5.74) is -1.09. The van der Waals surface area contributed by atoms with Gasteiger partial charge in [-0.25, -0.2) is 13.5 Å². The predicted octanol–water partition coefficient (Wildman–Crippen LogP) is 5.57. The van der Waals surface area contributed by atoms with E-state index in [4.69, 9.17) is 5.11 Å². The molecule has 206 valence electrons. The molecule has 1 heterocycles. The number of amides is 1. The number of carboxylic acid groups (broad SMARTS) is 1. The van der Waals surface area contributed by atoms with Crippen molar-refractivity contribution in [3.05, 3.63) is 82.9 Å². The SMILES string of the molecule is O=C(O)CC12CC(NC(=O)c3cc(-c4c(F)cccc4F)cc4nnn(Cc5ccc(C(F)(F)F)cc5)c34)(C1)C2. The fraction of sp³-hybridized carbons (Fsp3) is 0.286. The van der Waals surface area contributed by atoms with E-state index in [1.54, 1.807) is 0 Å². The molecule has 0 saturated heterocycles. The van der Waals surface area contributed by atoms with E-state index in [-0.39, 0.29) is 46.1 Å². The number of nitrogens with one attached hydrogen (secondary N) is 1. The van der Waals surface area contributed by atoms with Crippen LogP contribution in [-0.4, -0.2) is 37.5 Å². The molecule has 2 N–H and O–H groups in total. The molecule has 0 atom stereocenters. The van der Waals surface area contributed by atoms with Crippen LogP contribution in [0.5, 0.6) is 0 Å². The largest absolute Gasteiger partial charge is 0.481 e. The summed E-state index contributed by atoms with van der Waals surface area (Å²) in [7, 11) is 0. The van der Waals surface area contributed by atoms with E-state index < -0.39 is 40.8 Å². The highest BCUT2D eigenvalue weighted by Gasteiger charge is 2.68. The third-order valence-corrected chi connectivity index (χ3v) is 7.76. The van der Waals surface area contributed by atoms with Gasteiger partial charge in [-0.2, -0.15) is 13.2 Å². The lowest BCUT2D eigenvalue weighted by molar-refractivity contribution is -0.172. The Morgan fingerprint density at radius 3 is 2.25 bits per heavy atom. The molecule has 3 saturated carbocycles. The summed E-state index contributed by atoms with van der Waals surface area (Å²) in [5.74, 6) is -3.13. The Bertz CT molecular complexity index is 1640. The molecule has 0 radical (unpaired) electrons. The van der Waals surface area contributed by atoms with E-state index in [1.807, 2.05) is 0 Å². The average molecular weight is 556 g/mol. The molecule has 0 aliphatic heterocycles. The van der Waals surface area contributed by atoms with Crippen molar-refractivity contribution >= 4 is 22.9 Å². The van der Waals surface area contributed by atoms with Crippen molar-refractivity contribution in [3.8, 4) is 11.1 Å². The molecule has 3 fully saturated rings. The third-order valence-electron chi connectivity index (χ3n) is 7.76. The number of nitrogens with zero attached hydrogens (tertiary/aromatic N) is 3. The molecule has 1 aromatic heterocycles. The van der Waals surface area contributed by atoms with Gasteiger partial charge in [0.05, 0.1) is 29.7 Å². The summed E-state index contributed by atoms with van der Waals surface area (Å²) in [5, 5.41) is 20.3. The highest BCUT2D eigenvalue weighted by atomic mass is 19.4. The number of hydrogen-bond acceptors (Lipinski definition) is 4. The molecule has 0 spiro atoms. The second kappa shape index (κ2) is 8.83. The minimum Gasteiger partial charge on any atom is -0.481 e. The van der Waals surface area contributed by atoms with Crippen molar-refractivity contribution in [2.45, 2.75) is 43.9 Å². The third kappa shape index (κ3) is 4.37. The number of carbonyl (C=O) groups excluding carboxylic acids is 1. The van der Waals surface area contributed by atoms with E-state index in [1.165, 1.54) is 35.0 Å². The number of carboxylic acids is 1. The minimum atomic E-state index is -4.49. The van der Waals surface area contributed by atoms with Crippen molar-refractivity contribution in [2.24, 2.45) is 5.41 Å². The zero-order valence-corrected chi connectivity index (χ0v) is 20.7. The van der Waals surface area contributed by atoms with Gasteiger partial charge in [0, 0.05) is 5.54 Å². The maximum absolute atomic E-state index is 14.7. The maximum Gasteiger partial charge on any atom is 0.416 e. The topological polar surface area (TPSA) is 97.1 Å². The van der Waals surface area contributed by atoms with Gasteiger partial charge in [-0.05, 0) is 72.2 Å². The van der Waals surface area contributed by atoms with Crippen LogP contribution in [0.1, 0.15) is 47.2 Å². The second-order valence-electron chi connectivity index (χ2n) is 10.8. The van der Waals surface area contributed by atoms with E-state index in [0.29, 0.717) is 24.8 Å². The van der Waals surface area contributed by atoms with Crippen LogP contribution in [0.15, 0.2) is 54.6 Å². The maximum atomic E-state index is 14.7. The number of aliphatic carboxylic acids is 1. The summed E-state index contributed by atoms with van der Waals surface area (Å²) < 4.78 is 69.6. The highest BCUT2D eigenvalue weighted by molar-refractivity contribution is 6.07. The number of benzene rings is 3. The van der Waals surface area contributed by atoms with Crippen LogP contribution < -0.4 is 5.32 Å². The van der Waals surface area contributed by atoms with Crippen LogP contribution in [-0.2, 0) is 17.5 Å². The molecule has 7 rings (SSSR count). The van der Waals surface area contributed by atoms with Gasteiger partial charge in [0.25, 0.3) is 5.91 Å². The van der Waals surface area contributed by atoms with E-state index in [0.717, 1.165) is 24.3 Å². The first kappa shape index (κ1) is 25.9. The van der Waals surface area contributed by atoms with Crippen molar-refractivity contribution in [1.29, 1.82) is 0 Å². The van der Waals surface area contributed by atoms with Crippen LogP contribution in [0.3, 0.4) is 0 Å². The molecule has 3 aliphatic carbocycles. The number of hydrogen-bond donors (Lipinski definition) is 2. The monoisotopic (exact) mass is 556 g/mol. The van der Waals surface area contributed by atoms with Gasteiger partial charge in [0.2, 0.25) is 0 Å². The molecule has 12 heteroatoms. The van der Waals surface area contributed by atoms with E-state index in [2.05, 4.69) is 15.6 Å². The molecular weight excluding hydrogens is 535 g/mol. The van der Waals surface area contributed by atoms with Crippen molar-refractivity contribution in [1.82, 2.24) is 20.3 Å². The predicted molar refractivity (Wildman–Crippen MR) is 132 cm³/mol. The van der Waals surface area contributed by atoms with Crippen molar-refractivity contribution < 1.29 is 36.6 Å². The zero-order valence-electron chi connectivity index (χ0n) is 20.7. The van der Waals surface area contributed by atoms with Crippen LogP contribution >= 0.6 is 0 Å². The van der Waals surface area contributed by atoms with Crippen LogP contribution in [0.2, 0.25) is 0 Å². The molecular formula is C28H21F5N4O3. The lowest BCUT2D eigenvalue weighted by Gasteiger charge is -2.70. The number of halogens is 5. The number of alkyl halides is 3. The molecule has 3 aliphatic rings. The Balaban J connectivity index is 1.38. The second-order valence-corrected chi connectivity index (χ2v) is 10.8. The first-order valence-corrected chi connectivity index (χ1v) is 12.4. The fourth-order valence-corrected chi connectivity index (χ4v) is 6.23. The van der Waals surface area contributed by atoms with Crippen molar-refractivity contribution in [2.75, 3.05) is 0 Å². The molecule has 4 aromatic rings. The summed E-state index contributed by atoms with van der Waals surface area (Å²) in [6.07, 6.45) is -2.96. The number of carbonyl (C=O) groups is 2. The van der Waals surface area contributed by atoms with Crippen LogP contribution in [0.4, 0.5) is 22.0 Å². The van der Waals surface area contributed by atoms with Gasteiger partial charge in [-0.3, -0.25) is 9.59 Å². The van der Waals surface area contributed by atoms with Gasteiger partial charge >= 0.3 is 12.1 Å². The molecule has 3 aromatic carbocycles. The van der Waals surface area contributed by atoms with Gasteiger partial charge in [0.1, 0.15) is 22.7 Å². The van der Waals surface area contributed by atoms with Crippen molar-refractivity contribution in [3.63, 3.8) is 0 Å². The summed E-state index contributed by atoms with van der Waals surface area (Å²) >= 11 is 0. The number of rotatable bonds is 7. The lowest BCUT2D eigenvalue weighted by atomic mass is 9.38. The lowest BCUT2D eigenvalue weighted by Crippen LogP contribution is -2.75. The van der Waals surface area contributed by atoms with Gasteiger partial charge in [-0.1, -0.05) is 23.4 Å². The standard InChI is InChI=1S/C28H21F5N4O3/c29-19-2-1-3-20(30)23(19)16-8-18(25(40)34-27-12-26(13-27,14-27)10-22(38)39)24-21(9-16)35-36-37(24)11-15-4-6-17(7-5-15)28(31,32)33/h1-9H,10-14H2,(H,34,40)(H,38,39). The quantitative estimate of drug-likeness (QED) is 0.290. The molecule has 7 nitrogen and oxygen atoms in total. The Morgan fingerprint density at radius 2 is 1.65 bits per heavy atom. The molecule has 2 bridgehead atoms. The first-order valence-electron chi connectivity index (χ1n) is 12.4. The Labute approximate surface area is 223 Å². The normalized spacial score (nSPS) is 21.5. The fourth-order valence-electron chi connectivity index (χ4n) is 6.23. The Morgan fingerprint density at radius 1 is 1.00 bits per heavy atom. The van der Waals surface area contributed by atoms with E-state index in [9.17, 15) is 31.5 Å². The van der Waals surface area contributed by atoms with Crippen LogP contribution in [0, 0.1) is 17.0 Å². The first-order chi connectivity index (χ1) is 18.9. The highest BCUT2D eigenvalue weighted by Crippen LogP contribution is 2.69. The van der Waals surface area contributed by atoms with Crippen LogP contribution in [0.25, 0.3) is 22.2 Å². The Hall–Kier alpha value is -4.35. The molecule has 1 amide bonds. The molecule has 0 unspecified atom stereocenters. The summed E-state index contributed by atoms with van der Waals surface area (Å²) in [6, 6.07) is 10.6. The zero-order chi connectivity index (χ0) is 28.4. The smallest absolute Gasteiger partial charge is 0.416 e. The van der Waals surface area contributed by atoms with Gasteiger partial charge in [-0.15, -0.1) is 5.10 Å². The summed E-state index contributed by atoms with van der Waals surface area (Å²) in [6.45, 7) is -0.0187. The number of fused-ring (bicyclic) bond motifs is 1. The Kier molecular flexibility index (Phi) is 5.72. The minimum absolute atomic E-state index is 0.0146. The van der Waals surface area contributed by atoms with Gasteiger partial charge < -0.3 is 10.4 Å². The van der Waals surface area contributed by atoms with E-state index >= 15 is 0 Å². The van der Waals surface area contributed by atoms with Gasteiger partial charge in [0.15, 0.2) is 0 Å². The number of aromatic nitrogens is 3. The molecule has 40 heavy (non-hydrogen) atoms.